The molecule has 23 heavy (non-hydrogen) atoms. The Bertz CT molecular complexity index is 898. The minimum Gasteiger partial charge on any atom is -0.462 e. The Kier molecular flexibility index (Phi) is 4.80. The summed E-state index contributed by atoms with van der Waals surface area (Å²) >= 11 is 2.11. The van der Waals surface area contributed by atoms with Crippen molar-refractivity contribution in [2.75, 3.05) is 6.61 Å². The largest absolute Gasteiger partial charge is 0.462 e. The second-order valence-electron chi connectivity index (χ2n) is 5.07. The Morgan fingerprint density at radius 2 is 1.87 bits per heavy atom. The molecule has 0 spiro atoms. The van der Waals surface area contributed by atoms with Gasteiger partial charge in [-0.2, -0.15) is 0 Å². The number of rotatable bonds is 5. The molecule has 3 aromatic rings. The number of ether oxygens (including phenoxy) is 1. The van der Waals surface area contributed by atoms with Gasteiger partial charge in [0.2, 0.25) is 0 Å². The zero-order valence-corrected chi connectivity index (χ0v) is 14.4. The number of aromatic amines is 1. The number of hydrogen-bond donors (Lipinski definition) is 1. The normalized spacial score (nSPS) is 10.8. The van der Waals surface area contributed by atoms with Crippen molar-refractivity contribution in [2.45, 2.75) is 13.0 Å². The van der Waals surface area contributed by atoms with Crippen LogP contribution in [0.4, 0.5) is 0 Å². The van der Waals surface area contributed by atoms with Crippen LogP contribution in [0.15, 0.2) is 53.3 Å². The van der Waals surface area contributed by atoms with E-state index in [1.54, 1.807) is 10.6 Å². The lowest BCUT2D eigenvalue weighted by molar-refractivity contribution is 0.0495. The number of carbonyl (C=O) groups is 1. The molecular weight excluding hydrogens is 407 g/mol. The minimum atomic E-state index is -0.332. The fraction of sp³-hybridized carbons (Fsp3) is 0.176. The molecule has 0 bridgehead atoms. The first kappa shape index (κ1) is 15.8. The third-order valence-corrected chi connectivity index (χ3v) is 4.48. The average Bonchev–Trinajstić information content (AvgIpc) is 2.87. The predicted molar refractivity (Wildman–Crippen MR) is 96.6 cm³/mol. The van der Waals surface area contributed by atoms with Gasteiger partial charge in [-0.15, -0.1) is 0 Å². The second-order valence-corrected chi connectivity index (χ2v) is 6.23. The highest BCUT2D eigenvalue weighted by atomic mass is 127. The van der Waals surface area contributed by atoms with Crippen molar-refractivity contribution in [1.29, 1.82) is 0 Å². The molecule has 1 heterocycles. The Morgan fingerprint density at radius 1 is 1.13 bits per heavy atom. The number of benzene rings is 2. The molecule has 6 heteroatoms. The van der Waals surface area contributed by atoms with Crippen molar-refractivity contribution >= 4 is 39.6 Å². The Balaban J connectivity index is 1.59. The van der Waals surface area contributed by atoms with E-state index in [9.17, 15) is 9.59 Å². The molecule has 0 radical (unpaired) electrons. The molecule has 0 aliphatic rings. The molecule has 3 rings (SSSR count). The van der Waals surface area contributed by atoms with E-state index in [4.69, 9.17) is 4.74 Å². The number of fused-ring (bicyclic) bond motifs is 1. The molecule has 0 amide bonds. The van der Waals surface area contributed by atoms with Crippen LogP contribution in [0, 0.1) is 3.57 Å². The van der Waals surface area contributed by atoms with Crippen LogP contribution in [0.3, 0.4) is 0 Å². The van der Waals surface area contributed by atoms with E-state index in [0.29, 0.717) is 18.5 Å². The number of para-hydroxylation sites is 2. The maximum atomic E-state index is 12.0. The van der Waals surface area contributed by atoms with Crippen LogP contribution in [0.25, 0.3) is 11.0 Å². The number of H-pyrrole nitrogens is 1. The van der Waals surface area contributed by atoms with Gasteiger partial charge < -0.3 is 9.72 Å². The fourth-order valence-electron chi connectivity index (χ4n) is 2.42. The topological polar surface area (TPSA) is 64.1 Å². The van der Waals surface area contributed by atoms with Gasteiger partial charge in [0.1, 0.15) is 0 Å². The van der Waals surface area contributed by atoms with Crippen LogP contribution < -0.4 is 5.69 Å². The Morgan fingerprint density at radius 3 is 2.70 bits per heavy atom. The van der Waals surface area contributed by atoms with Crippen LogP contribution in [0.5, 0.6) is 0 Å². The van der Waals surface area contributed by atoms with E-state index in [1.807, 2.05) is 42.5 Å². The molecule has 0 aliphatic heterocycles. The number of aromatic nitrogens is 2. The lowest BCUT2D eigenvalue weighted by Gasteiger charge is -2.07. The van der Waals surface area contributed by atoms with Crippen LogP contribution in [-0.4, -0.2) is 22.1 Å². The number of aryl methyl sites for hydroxylation is 1. The summed E-state index contributed by atoms with van der Waals surface area (Å²) in [4.78, 5) is 26.7. The fourth-order valence-corrected chi connectivity index (χ4v) is 3.03. The molecule has 0 atom stereocenters. The molecule has 0 saturated heterocycles. The minimum absolute atomic E-state index is 0.143. The number of nitrogens with zero attached hydrogens (tertiary/aromatic N) is 1. The van der Waals surface area contributed by atoms with Gasteiger partial charge >= 0.3 is 11.7 Å². The van der Waals surface area contributed by atoms with E-state index in [-0.39, 0.29) is 18.3 Å². The lowest BCUT2D eigenvalue weighted by Crippen LogP contribution is -2.18. The zero-order chi connectivity index (χ0) is 16.2. The SMILES string of the molecule is O=C(OCCCn1c(=O)[nH]c2ccccc21)c1ccccc1I. The van der Waals surface area contributed by atoms with Crippen molar-refractivity contribution in [2.24, 2.45) is 0 Å². The van der Waals surface area contributed by atoms with E-state index in [2.05, 4.69) is 27.6 Å². The third kappa shape index (κ3) is 3.47. The Hall–Kier alpha value is -2.09. The molecule has 0 fully saturated rings. The molecule has 0 saturated carbocycles. The van der Waals surface area contributed by atoms with E-state index in [1.165, 1.54) is 0 Å². The summed E-state index contributed by atoms with van der Waals surface area (Å²) < 4.78 is 7.82. The third-order valence-electron chi connectivity index (χ3n) is 3.53. The van der Waals surface area contributed by atoms with Crippen molar-refractivity contribution in [1.82, 2.24) is 9.55 Å². The molecule has 1 N–H and O–H groups in total. The van der Waals surface area contributed by atoms with Crippen LogP contribution in [0.2, 0.25) is 0 Å². The maximum Gasteiger partial charge on any atom is 0.339 e. The van der Waals surface area contributed by atoms with Crippen molar-refractivity contribution < 1.29 is 9.53 Å². The van der Waals surface area contributed by atoms with Gasteiger partial charge in [0.25, 0.3) is 0 Å². The molecule has 5 nitrogen and oxygen atoms in total. The summed E-state index contributed by atoms with van der Waals surface area (Å²) in [6.45, 7) is 0.776. The average molecular weight is 422 g/mol. The zero-order valence-electron chi connectivity index (χ0n) is 12.3. The first-order valence-electron chi connectivity index (χ1n) is 7.26. The van der Waals surface area contributed by atoms with Gasteiger partial charge in [-0.05, 0) is 53.3 Å². The number of imidazole rings is 1. The van der Waals surface area contributed by atoms with E-state index in [0.717, 1.165) is 14.6 Å². The summed E-state index contributed by atoms with van der Waals surface area (Å²) in [6, 6.07) is 14.8. The first-order valence-corrected chi connectivity index (χ1v) is 8.34. The van der Waals surface area contributed by atoms with Crippen molar-refractivity contribution in [3.05, 3.63) is 68.1 Å². The highest BCUT2D eigenvalue weighted by Gasteiger charge is 2.11. The van der Waals surface area contributed by atoms with Gasteiger partial charge in [0, 0.05) is 10.1 Å². The number of carbonyl (C=O) groups excluding carboxylic acids is 1. The summed E-state index contributed by atoms with van der Waals surface area (Å²) in [5, 5.41) is 0. The number of nitrogens with one attached hydrogen (secondary N) is 1. The summed E-state index contributed by atoms with van der Waals surface area (Å²) in [7, 11) is 0. The van der Waals surface area contributed by atoms with Crippen LogP contribution in [0.1, 0.15) is 16.8 Å². The molecular formula is C17H15IN2O3. The monoisotopic (exact) mass is 422 g/mol. The smallest absolute Gasteiger partial charge is 0.339 e. The summed E-state index contributed by atoms with van der Waals surface area (Å²) in [6.07, 6.45) is 0.580. The summed E-state index contributed by atoms with van der Waals surface area (Å²) in [5.41, 5.74) is 2.10. The Labute approximate surface area is 146 Å². The van der Waals surface area contributed by atoms with Gasteiger partial charge in [-0.25, -0.2) is 9.59 Å². The van der Waals surface area contributed by atoms with Crippen molar-refractivity contribution in [3.63, 3.8) is 0 Å². The van der Waals surface area contributed by atoms with Crippen molar-refractivity contribution in [3.8, 4) is 0 Å². The number of esters is 1. The first-order chi connectivity index (χ1) is 11.2. The predicted octanol–water partition coefficient (Wildman–Crippen LogP) is 3.18. The van der Waals surface area contributed by atoms with Gasteiger partial charge in [0.05, 0.1) is 23.2 Å². The second kappa shape index (κ2) is 6.99. The lowest BCUT2D eigenvalue weighted by atomic mass is 10.2. The van der Waals surface area contributed by atoms with E-state index < -0.39 is 0 Å². The van der Waals surface area contributed by atoms with Crippen LogP contribution >= 0.6 is 22.6 Å². The molecule has 118 valence electrons. The summed E-state index contributed by atoms with van der Waals surface area (Å²) in [5.74, 6) is -0.332. The highest BCUT2D eigenvalue weighted by Crippen LogP contribution is 2.13. The van der Waals surface area contributed by atoms with Gasteiger partial charge in [-0.3, -0.25) is 4.57 Å². The maximum absolute atomic E-state index is 12.0. The van der Waals surface area contributed by atoms with Gasteiger partial charge in [0.15, 0.2) is 0 Å². The quantitative estimate of drug-likeness (QED) is 0.390. The molecule has 0 aliphatic carbocycles. The highest BCUT2D eigenvalue weighted by molar-refractivity contribution is 14.1. The number of halogens is 1. The molecule has 2 aromatic carbocycles. The standard InChI is InChI=1S/C17H15IN2O3/c18-13-7-2-1-6-12(13)16(21)23-11-5-10-20-15-9-4-3-8-14(15)19-17(20)22/h1-4,6-9H,5,10-11H2,(H,19,22). The molecule has 0 unspecified atom stereocenters. The molecule has 1 aromatic heterocycles. The number of hydrogen-bond acceptors (Lipinski definition) is 3. The van der Waals surface area contributed by atoms with Gasteiger partial charge in [-0.1, -0.05) is 24.3 Å². The van der Waals surface area contributed by atoms with E-state index >= 15 is 0 Å². The van der Waals surface area contributed by atoms with Crippen LogP contribution in [-0.2, 0) is 11.3 Å².